The maximum atomic E-state index is 11.9. The number of amides is 1. The number of aliphatic carboxylic acids is 1. The van der Waals surface area contributed by atoms with Gasteiger partial charge in [0.2, 0.25) is 0 Å². The molecule has 1 aromatic heterocycles. The van der Waals surface area contributed by atoms with E-state index in [4.69, 9.17) is 14.3 Å². The van der Waals surface area contributed by atoms with E-state index in [2.05, 4.69) is 5.32 Å². The van der Waals surface area contributed by atoms with Gasteiger partial charge in [0.25, 0.3) is 5.91 Å². The van der Waals surface area contributed by atoms with E-state index in [1.807, 2.05) is 13.8 Å². The molecule has 0 saturated heterocycles. The van der Waals surface area contributed by atoms with Crippen molar-refractivity contribution in [3.8, 4) is 5.75 Å². The lowest BCUT2D eigenvalue weighted by atomic mass is 10.1. The molecule has 0 aliphatic heterocycles. The molecule has 1 atom stereocenters. The monoisotopic (exact) mass is 361 g/mol. The van der Waals surface area contributed by atoms with Gasteiger partial charge in [0.15, 0.2) is 6.61 Å². The molecular formula is C19H23NO6. The number of rotatable bonds is 8. The van der Waals surface area contributed by atoms with Crippen molar-refractivity contribution in [1.82, 2.24) is 5.32 Å². The number of carboxylic acid groups (broad SMARTS) is 1. The summed E-state index contributed by atoms with van der Waals surface area (Å²) in [6.45, 7) is 5.17. The number of carbonyl (C=O) groups is 2. The highest BCUT2D eigenvalue weighted by molar-refractivity contribution is 5.85. The summed E-state index contributed by atoms with van der Waals surface area (Å²) in [5.41, 5.74) is 1.35. The van der Waals surface area contributed by atoms with Crippen molar-refractivity contribution in [2.45, 2.75) is 46.1 Å². The van der Waals surface area contributed by atoms with E-state index in [1.54, 1.807) is 25.1 Å². The van der Waals surface area contributed by atoms with E-state index in [-0.39, 0.29) is 6.61 Å². The zero-order valence-corrected chi connectivity index (χ0v) is 15.1. The number of hydrogen-bond donors (Lipinski definition) is 2. The van der Waals surface area contributed by atoms with Crippen LogP contribution >= 0.6 is 0 Å². The summed E-state index contributed by atoms with van der Waals surface area (Å²) in [4.78, 5) is 34.9. The largest absolute Gasteiger partial charge is 0.484 e. The van der Waals surface area contributed by atoms with E-state index in [0.717, 1.165) is 17.4 Å². The minimum absolute atomic E-state index is 0.323. The van der Waals surface area contributed by atoms with Crippen LogP contribution in [0.2, 0.25) is 0 Å². The van der Waals surface area contributed by atoms with E-state index in [0.29, 0.717) is 29.7 Å². The molecule has 7 heteroatoms. The van der Waals surface area contributed by atoms with Gasteiger partial charge in [-0.15, -0.1) is 0 Å². The molecule has 1 amide bonds. The number of ether oxygens (including phenoxy) is 1. The summed E-state index contributed by atoms with van der Waals surface area (Å²) in [5, 5.41) is 12.4. The molecule has 0 aliphatic rings. The molecule has 2 rings (SSSR count). The summed E-state index contributed by atoms with van der Waals surface area (Å²) in [5.74, 6) is -1.22. The molecule has 0 saturated carbocycles. The molecule has 1 heterocycles. The summed E-state index contributed by atoms with van der Waals surface area (Å²) in [6, 6.07) is 4.05. The average Bonchev–Trinajstić information content (AvgIpc) is 2.61. The van der Waals surface area contributed by atoms with Crippen molar-refractivity contribution in [2.75, 3.05) is 6.61 Å². The first kappa shape index (κ1) is 19.5. The Kier molecular flexibility index (Phi) is 6.38. The van der Waals surface area contributed by atoms with Crippen LogP contribution in [0.4, 0.5) is 0 Å². The van der Waals surface area contributed by atoms with Gasteiger partial charge in [0.05, 0.1) is 0 Å². The average molecular weight is 361 g/mol. The quantitative estimate of drug-likeness (QED) is 0.700. The highest BCUT2D eigenvalue weighted by Gasteiger charge is 2.19. The Morgan fingerprint density at radius 1 is 1.27 bits per heavy atom. The van der Waals surface area contributed by atoms with Crippen LogP contribution in [-0.4, -0.2) is 29.6 Å². The first-order chi connectivity index (χ1) is 12.3. The van der Waals surface area contributed by atoms with Crippen LogP contribution in [0.5, 0.6) is 5.75 Å². The second-order valence-electron chi connectivity index (χ2n) is 6.19. The Labute approximate surface area is 151 Å². The molecule has 1 aromatic carbocycles. The van der Waals surface area contributed by atoms with Gasteiger partial charge < -0.3 is 19.6 Å². The summed E-state index contributed by atoms with van der Waals surface area (Å²) in [7, 11) is 0. The molecule has 140 valence electrons. The minimum Gasteiger partial charge on any atom is -0.484 e. The van der Waals surface area contributed by atoms with Gasteiger partial charge in [-0.1, -0.05) is 19.8 Å². The van der Waals surface area contributed by atoms with Gasteiger partial charge in [0, 0.05) is 17.0 Å². The lowest BCUT2D eigenvalue weighted by Crippen LogP contribution is -2.42. The fourth-order valence-electron chi connectivity index (χ4n) is 2.57. The van der Waals surface area contributed by atoms with Crippen LogP contribution in [0, 0.1) is 13.8 Å². The van der Waals surface area contributed by atoms with E-state index >= 15 is 0 Å². The first-order valence-corrected chi connectivity index (χ1v) is 8.52. The third-order valence-corrected chi connectivity index (χ3v) is 4.28. The van der Waals surface area contributed by atoms with Crippen LogP contribution < -0.4 is 15.7 Å². The summed E-state index contributed by atoms with van der Waals surface area (Å²) < 4.78 is 10.7. The number of carboxylic acids is 1. The predicted molar refractivity (Wildman–Crippen MR) is 96.5 cm³/mol. The molecule has 0 spiro atoms. The minimum atomic E-state index is -1.06. The Morgan fingerprint density at radius 3 is 2.65 bits per heavy atom. The maximum absolute atomic E-state index is 11.9. The molecule has 26 heavy (non-hydrogen) atoms. The van der Waals surface area contributed by atoms with E-state index < -0.39 is 23.5 Å². The zero-order chi connectivity index (χ0) is 19.3. The highest BCUT2D eigenvalue weighted by Crippen LogP contribution is 2.23. The molecule has 1 unspecified atom stereocenters. The Bertz CT molecular complexity index is 870. The van der Waals surface area contributed by atoms with Gasteiger partial charge in [-0.3, -0.25) is 4.79 Å². The van der Waals surface area contributed by atoms with Gasteiger partial charge in [0.1, 0.15) is 17.4 Å². The van der Waals surface area contributed by atoms with Crippen molar-refractivity contribution < 1.29 is 23.8 Å². The van der Waals surface area contributed by atoms with E-state index in [9.17, 15) is 14.4 Å². The number of benzene rings is 1. The predicted octanol–water partition coefficient (Wildman–Crippen LogP) is 2.55. The van der Waals surface area contributed by atoms with Crippen LogP contribution in [-0.2, 0) is 9.59 Å². The number of unbranched alkanes of at least 4 members (excludes halogenated alkanes) is 1. The first-order valence-electron chi connectivity index (χ1n) is 8.52. The molecule has 2 N–H and O–H groups in total. The Hall–Kier alpha value is -2.83. The fraction of sp³-hybridized carbons (Fsp3) is 0.421. The zero-order valence-electron chi connectivity index (χ0n) is 15.1. The van der Waals surface area contributed by atoms with Crippen LogP contribution in [0.1, 0.15) is 37.3 Å². The number of fused-ring (bicyclic) bond motifs is 1. The third kappa shape index (κ3) is 4.62. The SMILES string of the molecule is CCCCC(NC(=O)COc1ccc2c(C)c(C)c(=O)oc2c1)C(=O)O. The van der Waals surface area contributed by atoms with Crippen molar-refractivity contribution in [3.63, 3.8) is 0 Å². The van der Waals surface area contributed by atoms with E-state index in [1.165, 1.54) is 0 Å². The van der Waals surface area contributed by atoms with Crippen LogP contribution in [0.15, 0.2) is 27.4 Å². The highest BCUT2D eigenvalue weighted by atomic mass is 16.5. The van der Waals surface area contributed by atoms with Crippen molar-refractivity contribution >= 4 is 22.8 Å². The van der Waals surface area contributed by atoms with Crippen molar-refractivity contribution in [1.29, 1.82) is 0 Å². The Balaban J connectivity index is 2.04. The lowest BCUT2D eigenvalue weighted by molar-refractivity contribution is -0.142. The fourth-order valence-corrected chi connectivity index (χ4v) is 2.57. The second kappa shape index (κ2) is 8.51. The topological polar surface area (TPSA) is 106 Å². The molecule has 7 nitrogen and oxygen atoms in total. The number of nitrogens with one attached hydrogen (secondary N) is 1. The van der Waals surface area contributed by atoms with Crippen LogP contribution in [0.3, 0.4) is 0 Å². The summed E-state index contributed by atoms with van der Waals surface area (Å²) in [6.07, 6.45) is 1.93. The third-order valence-electron chi connectivity index (χ3n) is 4.28. The maximum Gasteiger partial charge on any atom is 0.339 e. The molecule has 2 aromatic rings. The second-order valence-corrected chi connectivity index (χ2v) is 6.19. The number of hydrogen-bond acceptors (Lipinski definition) is 5. The molecule has 0 fully saturated rings. The molecule has 0 radical (unpaired) electrons. The Morgan fingerprint density at radius 2 is 2.00 bits per heavy atom. The van der Waals surface area contributed by atoms with Gasteiger partial charge >= 0.3 is 11.6 Å². The van der Waals surface area contributed by atoms with Crippen molar-refractivity contribution in [3.05, 3.63) is 39.7 Å². The standard InChI is InChI=1S/C19H23NO6/c1-4-5-6-15(18(22)23)20-17(21)10-25-13-7-8-14-11(2)12(3)19(24)26-16(14)9-13/h7-9,15H,4-6,10H2,1-3H3,(H,20,21)(H,22,23). The normalized spacial score (nSPS) is 12.0. The summed E-state index contributed by atoms with van der Waals surface area (Å²) >= 11 is 0. The molecule has 0 bridgehead atoms. The number of aryl methyl sites for hydroxylation is 1. The van der Waals surface area contributed by atoms with Crippen molar-refractivity contribution in [2.24, 2.45) is 0 Å². The lowest BCUT2D eigenvalue weighted by Gasteiger charge is -2.14. The van der Waals surface area contributed by atoms with Gasteiger partial charge in [-0.2, -0.15) is 0 Å². The van der Waals surface area contributed by atoms with Gasteiger partial charge in [-0.25, -0.2) is 9.59 Å². The molecule has 0 aliphatic carbocycles. The van der Waals surface area contributed by atoms with Crippen LogP contribution in [0.25, 0.3) is 11.0 Å². The molecular weight excluding hydrogens is 338 g/mol. The van der Waals surface area contributed by atoms with Gasteiger partial charge in [-0.05, 0) is 38.0 Å². The smallest absolute Gasteiger partial charge is 0.339 e. The number of carbonyl (C=O) groups excluding carboxylic acids is 1.